The molecular formula is C16H11NO4. The Balaban J connectivity index is 1.83. The normalized spacial score (nSPS) is 10.5. The van der Waals surface area contributed by atoms with Crippen LogP contribution in [0, 0.1) is 0 Å². The van der Waals surface area contributed by atoms with Crippen LogP contribution in [0.15, 0.2) is 59.0 Å². The molecule has 0 spiro atoms. The number of benzene rings is 2. The summed E-state index contributed by atoms with van der Waals surface area (Å²) in [7, 11) is 0. The molecule has 5 heteroatoms. The Morgan fingerprint density at radius 3 is 2.33 bits per heavy atom. The first kappa shape index (κ1) is 12.9. The SMILES string of the molecule is O=C(O)c1ccc(C(=O)Nc2ccc3ccccc3c2)o1. The smallest absolute Gasteiger partial charge is 0.371 e. The molecule has 1 aromatic heterocycles. The van der Waals surface area contributed by atoms with Crippen LogP contribution >= 0.6 is 0 Å². The largest absolute Gasteiger partial charge is 0.475 e. The number of amides is 1. The van der Waals surface area contributed by atoms with Crippen molar-refractivity contribution in [2.24, 2.45) is 0 Å². The highest BCUT2D eigenvalue weighted by molar-refractivity contribution is 6.04. The fourth-order valence-electron chi connectivity index (χ4n) is 2.03. The van der Waals surface area contributed by atoms with Gasteiger partial charge in [0.05, 0.1) is 0 Å². The monoisotopic (exact) mass is 281 g/mol. The number of carboxylic acid groups (broad SMARTS) is 1. The first-order valence-corrected chi connectivity index (χ1v) is 6.27. The predicted octanol–water partition coefficient (Wildman–Crippen LogP) is 3.38. The van der Waals surface area contributed by atoms with Gasteiger partial charge in [-0.2, -0.15) is 0 Å². The number of aromatic carboxylic acids is 1. The molecule has 0 saturated heterocycles. The van der Waals surface area contributed by atoms with Gasteiger partial charge in [-0.15, -0.1) is 0 Å². The third-order valence-corrected chi connectivity index (χ3v) is 3.05. The summed E-state index contributed by atoms with van der Waals surface area (Å²) in [5, 5.41) is 13.5. The minimum Gasteiger partial charge on any atom is -0.475 e. The maximum absolute atomic E-state index is 12.0. The van der Waals surface area contributed by atoms with E-state index in [1.54, 1.807) is 6.07 Å². The Hall–Kier alpha value is -3.08. The maximum atomic E-state index is 12.0. The van der Waals surface area contributed by atoms with E-state index < -0.39 is 11.9 Å². The molecule has 5 nitrogen and oxygen atoms in total. The van der Waals surface area contributed by atoms with Crippen LogP contribution in [0.25, 0.3) is 10.8 Å². The molecule has 0 atom stereocenters. The van der Waals surface area contributed by atoms with Crippen LogP contribution in [0.1, 0.15) is 21.1 Å². The Bertz CT molecular complexity index is 835. The van der Waals surface area contributed by atoms with Crippen molar-refractivity contribution in [1.82, 2.24) is 0 Å². The van der Waals surface area contributed by atoms with Crippen LogP contribution in [0.5, 0.6) is 0 Å². The highest BCUT2D eigenvalue weighted by Crippen LogP contribution is 2.19. The van der Waals surface area contributed by atoms with Gasteiger partial charge in [-0.1, -0.05) is 30.3 Å². The number of furan rings is 1. The van der Waals surface area contributed by atoms with Crippen LogP contribution in [0.3, 0.4) is 0 Å². The summed E-state index contributed by atoms with van der Waals surface area (Å²) in [4.78, 5) is 22.7. The van der Waals surface area contributed by atoms with Gasteiger partial charge >= 0.3 is 5.97 Å². The lowest BCUT2D eigenvalue weighted by molar-refractivity contribution is 0.0660. The van der Waals surface area contributed by atoms with Crippen molar-refractivity contribution >= 4 is 28.3 Å². The van der Waals surface area contributed by atoms with Gasteiger partial charge in [-0.3, -0.25) is 4.79 Å². The Kier molecular flexibility index (Phi) is 3.16. The number of fused-ring (bicyclic) bond motifs is 1. The molecule has 3 aromatic rings. The molecule has 0 saturated carbocycles. The Morgan fingerprint density at radius 1 is 0.905 bits per heavy atom. The van der Waals surface area contributed by atoms with E-state index in [2.05, 4.69) is 5.32 Å². The molecule has 21 heavy (non-hydrogen) atoms. The fourth-order valence-corrected chi connectivity index (χ4v) is 2.03. The molecule has 0 fully saturated rings. The van der Waals surface area contributed by atoms with Crippen LogP contribution < -0.4 is 5.32 Å². The summed E-state index contributed by atoms with van der Waals surface area (Å²) < 4.78 is 4.95. The first-order valence-electron chi connectivity index (χ1n) is 6.27. The van der Waals surface area contributed by atoms with Crippen molar-refractivity contribution in [1.29, 1.82) is 0 Å². The molecule has 2 aromatic carbocycles. The summed E-state index contributed by atoms with van der Waals surface area (Å²) in [6.45, 7) is 0. The van der Waals surface area contributed by atoms with E-state index in [-0.39, 0.29) is 11.5 Å². The number of carbonyl (C=O) groups excluding carboxylic acids is 1. The second-order valence-corrected chi connectivity index (χ2v) is 4.49. The average molecular weight is 281 g/mol. The molecule has 1 amide bonds. The van der Waals surface area contributed by atoms with Gasteiger partial charge in [0.15, 0.2) is 5.76 Å². The molecule has 0 radical (unpaired) electrons. The standard InChI is InChI=1S/C16H11NO4/c18-15(13-7-8-14(21-13)16(19)20)17-12-6-5-10-3-1-2-4-11(10)9-12/h1-9H,(H,17,18)(H,19,20). The van der Waals surface area contributed by atoms with Crippen molar-refractivity contribution in [3.63, 3.8) is 0 Å². The van der Waals surface area contributed by atoms with Gasteiger partial charge in [-0.25, -0.2) is 4.79 Å². The van der Waals surface area contributed by atoms with E-state index >= 15 is 0 Å². The number of nitrogens with one attached hydrogen (secondary N) is 1. The minimum absolute atomic E-state index is 0.0411. The predicted molar refractivity (Wildman–Crippen MR) is 77.6 cm³/mol. The lowest BCUT2D eigenvalue weighted by atomic mass is 10.1. The molecule has 104 valence electrons. The van der Waals surface area contributed by atoms with Crippen molar-refractivity contribution in [3.05, 3.63) is 66.1 Å². The van der Waals surface area contributed by atoms with Gasteiger partial charge < -0.3 is 14.8 Å². The Morgan fingerprint density at radius 2 is 1.62 bits per heavy atom. The van der Waals surface area contributed by atoms with Crippen molar-refractivity contribution < 1.29 is 19.1 Å². The van der Waals surface area contributed by atoms with Gasteiger partial charge in [0, 0.05) is 5.69 Å². The van der Waals surface area contributed by atoms with E-state index in [0.717, 1.165) is 10.8 Å². The maximum Gasteiger partial charge on any atom is 0.371 e. The van der Waals surface area contributed by atoms with Gasteiger partial charge in [0.25, 0.3) is 5.91 Å². The van der Waals surface area contributed by atoms with Gasteiger partial charge in [0.1, 0.15) is 0 Å². The molecule has 1 heterocycles. The number of hydrogen-bond donors (Lipinski definition) is 2. The van der Waals surface area contributed by atoms with Crippen molar-refractivity contribution in [3.8, 4) is 0 Å². The lowest BCUT2D eigenvalue weighted by Crippen LogP contribution is -2.10. The van der Waals surface area contributed by atoms with Gasteiger partial charge in [0.2, 0.25) is 5.76 Å². The summed E-state index contributed by atoms with van der Waals surface area (Å²) in [5.41, 5.74) is 0.618. The molecule has 0 unspecified atom stereocenters. The summed E-state index contributed by atoms with van der Waals surface area (Å²) >= 11 is 0. The van der Waals surface area contributed by atoms with E-state index in [1.807, 2.05) is 36.4 Å². The fraction of sp³-hybridized carbons (Fsp3) is 0. The van der Waals surface area contributed by atoms with E-state index in [9.17, 15) is 9.59 Å². The molecule has 0 aliphatic carbocycles. The molecule has 0 aliphatic heterocycles. The zero-order valence-corrected chi connectivity index (χ0v) is 10.9. The minimum atomic E-state index is -1.21. The number of rotatable bonds is 3. The molecule has 2 N–H and O–H groups in total. The zero-order valence-electron chi connectivity index (χ0n) is 10.9. The highest BCUT2D eigenvalue weighted by Gasteiger charge is 2.15. The average Bonchev–Trinajstić information content (AvgIpc) is 2.97. The van der Waals surface area contributed by atoms with E-state index in [0.29, 0.717) is 5.69 Å². The molecule has 0 bridgehead atoms. The van der Waals surface area contributed by atoms with Crippen LogP contribution in [-0.4, -0.2) is 17.0 Å². The van der Waals surface area contributed by atoms with Crippen molar-refractivity contribution in [2.75, 3.05) is 5.32 Å². The third-order valence-electron chi connectivity index (χ3n) is 3.05. The van der Waals surface area contributed by atoms with Crippen LogP contribution in [0.4, 0.5) is 5.69 Å². The third kappa shape index (κ3) is 2.62. The quantitative estimate of drug-likeness (QED) is 0.771. The molecule has 0 aliphatic rings. The van der Waals surface area contributed by atoms with E-state index in [1.165, 1.54) is 12.1 Å². The summed E-state index contributed by atoms with van der Waals surface area (Å²) in [5.74, 6) is -2.00. The highest BCUT2D eigenvalue weighted by atomic mass is 16.4. The number of carboxylic acids is 1. The van der Waals surface area contributed by atoms with Crippen molar-refractivity contribution in [2.45, 2.75) is 0 Å². The zero-order chi connectivity index (χ0) is 14.8. The molecule has 3 rings (SSSR count). The number of carbonyl (C=O) groups is 2. The van der Waals surface area contributed by atoms with E-state index in [4.69, 9.17) is 9.52 Å². The number of hydrogen-bond acceptors (Lipinski definition) is 3. The second kappa shape index (κ2) is 5.13. The topological polar surface area (TPSA) is 79.5 Å². The van der Waals surface area contributed by atoms with Crippen LogP contribution in [-0.2, 0) is 0 Å². The summed E-state index contributed by atoms with van der Waals surface area (Å²) in [6, 6.07) is 15.9. The first-order chi connectivity index (χ1) is 10.1. The summed E-state index contributed by atoms with van der Waals surface area (Å²) in [6.07, 6.45) is 0. The lowest BCUT2D eigenvalue weighted by Gasteiger charge is -2.05. The molecular weight excluding hydrogens is 270 g/mol. The van der Waals surface area contributed by atoms with Gasteiger partial charge in [-0.05, 0) is 35.0 Å². The van der Waals surface area contributed by atoms with Crippen LogP contribution in [0.2, 0.25) is 0 Å². The second-order valence-electron chi connectivity index (χ2n) is 4.49. The Labute approximate surface area is 119 Å². The number of anilines is 1.